The Labute approximate surface area is 214 Å². The van der Waals surface area contributed by atoms with Gasteiger partial charge in [-0.15, -0.1) is 0 Å². The largest absolute Gasteiger partial charge is 0.354 e. The monoisotopic (exact) mass is 521 g/mol. The molecule has 0 heterocycles. The van der Waals surface area contributed by atoms with E-state index in [4.69, 9.17) is 11.6 Å². The molecule has 0 saturated heterocycles. The molecule has 2 rings (SSSR count). The highest BCUT2D eigenvalue weighted by Gasteiger charge is 2.32. The summed E-state index contributed by atoms with van der Waals surface area (Å²) in [6.45, 7) is 9.77. The summed E-state index contributed by atoms with van der Waals surface area (Å²) in [4.78, 5) is 28.2. The summed E-state index contributed by atoms with van der Waals surface area (Å²) in [5.41, 5.74) is 2.93. The maximum Gasteiger partial charge on any atom is 0.244 e. The summed E-state index contributed by atoms with van der Waals surface area (Å²) < 4.78 is 26.5. The minimum atomic E-state index is -3.81. The van der Waals surface area contributed by atoms with E-state index in [2.05, 4.69) is 5.32 Å². The van der Waals surface area contributed by atoms with Gasteiger partial charge in [0.1, 0.15) is 12.6 Å². The van der Waals surface area contributed by atoms with E-state index in [0.717, 1.165) is 21.7 Å². The molecule has 0 aliphatic heterocycles. The van der Waals surface area contributed by atoms with E-state index in [0.29, 0.717) is 29.2 Å². The van der Waals surface area contributed by atoms with Gasteiger partial charge in [0.05, 0.1) is 11.9 Å². The number of anilines is 1. The number of nitrogens with one attached hydrogen (secondary N) is 1. The van der Waals surface area contributed by atoms with Crippen molar-refractivity contribution in [3.8, 4) is 0 Å². The van der Waals surface area contributed by atoms with Crippen molar-refractivity contribution in [1.82, 2.24) is 10.2 Å². The molecule has 1 atom stereocenters. The molecule has 0 spiro atoms. The molecule has 0 aliphatic carbocycles. The predicted octanol–water partition coefficient (Wildman–Crippen LogP) is 4.30. The van der Waals surface area contributed by atoms with Gasteiger partial charge in [-0.2, -0.15) is 0 Å². The zero-order chi connectivity index (χ0) is 26.3. The fourth-order valence-corrected chi connectivity index (χ4v) is 4.74. The van der Waals surface area contributed by atoms with E-state index in [9.17, 15) is 18.0 Å². The van der Waals surface area contributed by atoms with Gasteiger partial charge in [-0.25, -0.2) is 8.42 Å². The van der Waals surface area contributed by atoms with Gasteiger partial charge >= 0.3 is 0 Å². The third kappa shape index (κ3) is 8.25. The average Bonchev–Trinajstić information content (AvgIpc) is 2.78. The molecule has 0 radical (unpaired) electrons. The van der Waals surface area contributed by atoms with Crippen molar-refractivity contribution >= 4 is 39.1 Å². The van der Waals surface area contributed by atoms with E-state index < -0.39 is 28.5 Å². The van der Waals surface area contributed by atoms with Crippen molar-refractivity contribution in [2.45, 2.75) is 53.6 Å². The number of rotatable bonds is 11. The topological polar surface area (TPSA) is 86.8 Å². The Kier molecular flexibility index (Phi) is 10.2. The van der Waals surface area contributed by atoms with Crippen molar-refractivity contribution < 1.29 is 18.0 Å². The lowest BCUT2D eigenvalue weighted by Crippen LogP contribution is -2.52. The predicted molar refractivity (Wildman–Crippen MR) is 142 cm³/mol. The summed E-state index contributed by atoms with van der Waals surface area (Å²) in [6.07, 6.45) is 1.44. The van der Waals surface area contributed by atoms with E-state index in [1.807, 2.05) is 52.0 Å². The molecule has 0 aromatic heterocycles. The van der Waals surface area contributed by atoms with Gasteiger partial charge in [0, 0.05) is 18.1 Å². The Balaban J connectivity index is 2.45. The number of benzene rings is 2. The Morgan fingerprint density at radius 3 is 2.23 bits per heavy atom. The average molecular weight is 522 g/mol. The van der Waals surface area contributed by atoms with Gasteiger partial charge in [-0.1, -0.05) is 68.3 Å². The smallest absolute Gasteiger partial charge is 0.244 e. The minimum absolute atomic E-state index is 0.179. The van der Waals surface area contributed by atoms with Crippen molar-refractivity contribution in [3.63, 3.8) is 0 Å². The minimum Gasteiger partial charge on any atom is -0.354 e. The number of hydrogen-bond donors (Lipinski definition) is 1. The molecule has 0 bridgehead atoms. The van der Waals surface area contributed by atoms with E-state index in [1.165, 1.54) is 11.0 Å². The summed E-state index contributed by atoms with van der Waals surface area (Å²) >= 11 is 6.14. The van der Waals surface area contributed by atoms with Crippen molar-refractivity contribution in [2.24, 2.45) is 5.92 Å². The first-order valence-corrected chi connectivity index (χ1v) is 13.9. The van der Waals surface area contributed by atoms with Crippen LogP contribution in [-0.2, 0) is 26.2 Å². The first-order valence-electron chi connectivity index (χ1n) is 11.7. The number of halogens is 1. The SMILES string of the molecule is CC[C@@H](C(=O)NCC(C)C)N(Cc1ccc(C)cc1)C(=O)CN(c1cc(Cl)ccc1C)S(C)(=O)=O. The van der Waals surface area contributed by atoms with Crippen LogP contribution in [0.5, 0.6) is 0 Å². The van der Waals surface area contributed by atoms with Gasteiger partial charge in [0.15, 0.2) is 0 Å². The molecule has 0 aliphatic rings. The Morgan fingerprint density at radius 1 is 1.06 bits per heavy atom. The number of aryl methyl sites for hydroxylation is 2. The molecule has 35 heavy (non-hydrogen) atoms. The highest BCUT2D eigenvalue weighted by molar-refractivity contribution is 7.92. The molecule has 192 valence electrons. The van der Waals surface area contributed by atoms with Crippen LogP contribution in [0.3, 0.4) is 0 Å². The van der Waals surface area contributed by atoms with Crippen LogP contribution in [0.25, 0.3) is 0 Å². The van der Waals surface area contributed by atoms with E-state index >= 15 is 0 Å². The van der Waals surface area contributed by atoms with Crippen LogP contribution in [0, 0.1) is 19.8 Å². The second-order valence-corrected chi connectivity index (χ2v) is 11.6. The highest BCUT2D eigenvalue weighted by Crippen LogP contribution is 2.27. The fraction of sp³-hybridized carbons (Fsp3) is 0.462. The number of amides is 2. The lowest BCUT2D eigenvalue weighted by atomic mass is 10.1. The number of nitrogens with zero attached hydrogens (tertiary/aromatic N) is 2. The van der Waals surface area contributed by atoms with Gasteiger partial charge in [-0.05, 0) is 49.4 Å². The summed E-state index contributed by atoms with van der Waals surface area (Å²) in [5.74, 6) is -0.474. The molecule has 0 fully saturated rings. The molecular formula is C26H36ClN3O4S. The summed E-state index contributed by atoms with van der Waals surface area (Å²) in [6, 6.07) is 11.9. The Bertz CT molecular complexity index is 1130. The molecule has 2 amide bonds. The van der Waals surface area contributed by atoms with Gasteiger partial charge in [-0.3, -0.25) is 13.9 Å². The van der Waals surface area contributed by atoms with Gasteiger partial charge < -0.3 is 10.2 Å². The number of carbonyl (C=O) groups excluding carboxylic acids is 2. The zero-order valence-electron chi connectivity index (χ0n) is 21.3. The second-order valence-electron chi connectivity index (χ2n) is 9.27. The lowest BCUT2D eigenvalue weighted by Gasteiger charge is -2.33. The molecule has 0 saturated carbocycles. The molecule has 1 N–H and O–H groups in total. The third-order valence-electron chi connectivity index (χ3n) is 5.66. The Morgan fingerprint density at radius 2 is 1.69 bits per heavy atom. The standard InChI is InChI=1S/C26H36ClN3O4S/c1-7-23(26(32)28-15-18(2)3)29(16-21-11-8-19(4)9-12-21)25(31)17-30(35(6,33)34)24-14-22(27)13-10-20(24)5/h8-14,18,23H,7,15-17H2,1-6H3,(H,28,32)/t23-/m0/s1. The first-order chi connectivity index (χ1) is 16.3. The normalized spacial score (nSPS) is 12.3. The Hall–Kier alpha value is -2.58. The zero-order valence-corrected chi connectivity index (χ0v) is 22.9. The second kappa shape index (κ2) is 12.4. The van der Waals surface area contributed by atoms with E-state index in [1.54, 1.807) is 19.1 Å². The van der Waals surface area contributed by atoms with Crippen LogP contribution in [0.4, 0.5) is 5.69 Å². The molecule has 2 aromatic rings. The lowest BCUT2D eigenvalue weighted by molar-refractivity contribution is -0.140. The van der Waals surface area contributed by atoms with Crippen LogP contribution in [0.15, 0.2) is 42.5 Å². The highest BCUT2D eigenvalue weighted by atomic mass is 35.5. The maximum atomic E-state index is 13.7. The van der Waals surface area contributed by atoms with Crippen LogP contribution in [0.2, 0.25) is 5.02 Å². The van der Waals surface area contributed by atoms with Crippen LogP contribution < -0.4 is 9.62 Å². The third-order valence-corrected chi connectivity index (χ3v) is 7.02. The maximum absolute atomic E-state index is 13.7. The van der Waals surface area contributed by atoms with E-state index in [-0.39, 0.29) is 18.4 Å². The first kappa shape index (κ1) is 28.7. The summed E-state index contributed by atoms with van der Waals surface area (Å²) in [7, 11) is -3.81. The van der Waals surface area contributed by atoms with Crippen LogP contribution >= 0.6 is 11.6 Å². The number of carbonyl (C=O) groups is 2. The number of hydrogen-bond acceptors (Lipinski definition) is 4. The van der Waals surface area contributed by atoms with Crippen LogP contribution in [0.1, 0.15) is 43.9 Å². The molecule has 9 heteroatoms. The summed E-state index contributed by atoms with van der Waals surface area (Å²) in [5, 5.41) is 3.28. The molecule has 2 aromatic carbocycles. The molecule has 0 unspecified atom stereocenters. The quantitative estimate of drug-likeness (QED) is 0.477. The number of sulfonamides is 1. The molecule has 7 nitrogen and oxygen atoms in total. The van der Waals surface area contributed by atoms with Crippen molar-refractivity contribution in [3.05, 3.63) is 64.2 Å². The van der Waals surface area contributed by atoms with Crippen LogP contribution in [-0.4, -0.2) is 50.5 Å². The molecular weight excluding hydrogens is 486 g/mol. The van der Waals surface area contributed by atoms with Gasteiger partial charge in [0.2, 0.25) is 21.8 Å². The van der Waals surface area contributed by atoms with Gasteiger partial charge in [0.25, 0.3) is 0 Å². The van der Waals surface area contributed by atoms with Crippen molar-refractivity contribution in [1.29, 1.82) is 0 Å². The fourth-order valence-electron chi connectivity index (χ4n) is 3.68. The van der Waals surface area contributed by atoms with Crippen molar-refractivity contribution in [2.75, 3.05) is 23.7 Å².